The molecular weight excluding hydrogens is 249 g/mol. The van der Waals surface area contributed by atoms with Gasteiger partial charge in [-0.05, 0) is 18.2 Å². The molecule has 0 N–H and O–H groups in total. The molecule has 1 heterocycles. The summed E-state index contributed by atoms with van der Waals surface area (Å²) < 4.78 is 19.9. The van der Waals surface area contributed by atoms with Crippen molar-refractivity contribution in [2.75, 3.05) is 0 Å². The Morgan fingerprint density at radius 2 is 2.11 bits per heavy atom. The van der Waals surface area contributed by atoms with Crippen LogP contribution in [0.25, 0.3) is 5.69 Å². The van der Waals surface area contributed by atoms with Crippen molar-refractivity contribution in [3.8, 4) is 11.4 Å². The van der Waals surface area contributed by atoms with Gasteiger partial charge in [-0.2, -0.15) is 0 Å². The van der Waals surface area contributed by atoms with E-state index in [1.165, 1.54) is 29.0 Å². The summed E-state index contributed by atoms with van der Waals surface area (Å²) in [6, 6.07) is 8.65. The second-order valence-electron chi connectivity index (χ2n) is 3.85. The van der Waals surface area contributed by atoms with Gasteiger partial charge in [0.25, 0.3) is 5.56 Å². The summed E-state index contributed by atoms with van der Waals surface area (Å²) in [5.41, 5.74) is 0.111. The van der Waals surface area contributed by atoms with Crippen LogP contribution in [0.15, 0.2) is 47.4 Å². The van der Waals surface area contributed by atoms with Crippen molar-refractivity contribution in [1.29, 1.82) is 0 Å². The Labute approximate surface area is 109 Å². The minimum absolute atomic E-state index is 0.139. The van der Waals surface area contributed by atoms with E-state index < -0.39 is 11.8 Å². The zero-order valence-electron chi connectivity index (χ0n) is 10.3. The largest absolute Gasteiger partial charge is 0.423 e. The van der Waals surface area contributed by atoms with E-state index in [1.54, 1.807) is 19.1 Å². The van der Waals surface area contributed by atoms with E-state index in [9.17, 15) is 14.0 Å². The second-order valence-corrected chi connectivity index (χ2v) is 3.85. The van der Waals surface area contributed by atoms with E-state index in [2.05, 4.69) is 0 Å². The molecular formula is C14H12FNO3. The number of pyridine rings is 1. The summed E-state index contributed by atoms with van der Waals surface area (Å²) in [5.74, 6) is -1.34. The smallest absolute Gasteiger partial charge is 0.310 e. The Hall–Kier alpha value is -2.43. The van der Waals surface area contributed by atoms with Gasteiger partial charge >= 0.3 is 5.97 Å². The lowest BCUT2D eigenvalue weighted by molar-refractivity contribution is -0.134. The highest BCUT2D eigenvalue weighted by atomic mass is 19.1. The minimum Gasteiger partial charge on any atom is -0.423 e. The van der Waals surface area contributed by atoms with Crippen LogP contribution in [0.5, 0.6) is 5.75 Å². The standard InChI is InChI=1S/C14H12FNO3/c1-2-14(18)19-12-7-6-10(9-11(12)15)16-8-4-3-5-13(16)17/h3-9H,2H2,1H3. The van der Waals surface area contributed by atoms with Crippen molar-refractivity contribution in [3.63, 3.8) is 0 Å². The number of carbonyl (C=O) groups excluding carboxylic acids is 1. The first-order valence-electron chi connectivity index (χ1n) is 5.80. The predicted octanol–water partition coefficient (Wildman–Crippen LogP) is 2.29. The lowest BCUT2D eigenvalue weighted by atomic mass is 10.2. The Bertz CT molecular complexity index is 664. The molecule has 4 nitrogen and oxygen atoms in total. The average Bonchev–Trinajstić information content (AvgIpc) is 2.41. The molecule has 0 fully saturated rings. The lowest BCUT2D eigenvalue weighted by Gasteiger charge is -2.08. The van der Waals surface area contributed by atoms with E-state index in [0.717, 1.165) is 6.07 Å². The highest BCUT2D eigenvalue weighted by Crippen LogP contribution is 2.20. The lowest BCUT2D eigenvalue weighted by Crippen LogP contribution is -2.16. The second kappa shape index (κ2) is 5.48. The molecule has 0 aliphatic carbocycles. The predicted molar refractivity (Wildman–Crippen MR) is 67.9 cm³/mol. The fourth-order valence-electron chi connectivity index (χ4n) is 1.56. The monoisotopic (exact) mass is 261 g/mol. The van der Waals surface area contributed by atoms with Crippen LogP contribution in [0.4, 0.5) is 4.39 Å². The van der Waals surface area contributed by atoms with Gasteiger partial charge in [-0.15, -0.1) is 0 Å². The molecule has 0 bridgehead atoms. The van der Waals surface area contributed by atoms with Crippen molar-refractivity contribution >= 4 is 5.97 Å². The molecule has 0 aliphatic rings. The van der Waals surface area contributed by atoms with Crippen LogP contribution in [0.3, 0.4) is 0 Å². The van der Waals surface area contributed by atoms with Crippen LogP contribution in [0.1, 0.15) is 13.3 Å². The fraction of sp³-hybridized carbons (Fsp3) is 0.143. The molecule has 1 aromatic carbocycles. The highest BCUT2D eigenvalue weighted by molar-refractivity contribution is 5.72. The van der Waals surface area contributed by atoms with E-state index in [1.807, 2.05) is 0 Å². The molecule has 0 unspecified atom stereocenters. The summed E-state index contributed by atoms with van der Waals surface area (Å²) in [6.45, 7) is 1.62. The van der Waals surface area contributed by atoms with Gasteiger partial charge in [-0.3, -0.25) is 14.2 Å². The summed E-state index contributed by atoms with van der Waals surface area (Å²) >= 11 is 0. The number of hydrogen-bond acceptors (Lipinski definition) is 3. The van der Waals surface area contributed by atoms with Gasteiger partial charge in [-0.1, -0.05) is 13.0 Å². The Morgan fingerprint density at radius 3 is 2.74 bits per heavy atom. The summed E-state index contributed by atoms with van der Waals surface area (Å²) in [6.07, 6.45) is 1.70. The minimum atomic E-state index is -0.685. The van der Waals surface area contributed by atoms with E-state index >= 15 is 0 Å². The number of esters is 1. The Kier molecular flexibility index (Phi) is 3.75. The number of rotatable bonds is 3. The number of nitrogens with zero attached hydrogens (tertiary/aromatic N) is 1. The van der Waals surface area contributed by atoms with Gasteiger partial charge in [0.1, 0.15) is 0 Å². The Morgan fingerprint density at radius 1 is 1.32 bits per heavy atom. The number of benzene rings is 1. The van der Waals surface area contributed by atoms with Crippen LogP contribution >= 0.6 is 0 Å². The van der Waals surface area contributed by atoms with Crippen LogP contribution < -0.4 is 10.3 Å². The van der Waals surface area contributed by atoms with Crippen LogP contribution in [0, 0.1) is 5.82 Å². The maximum atomic E-state index is 13.8. The van der Waals surface area contributed by atoms with E-state index in [0.29, 0.717) is 5.69 Å². The van der Waals surface area contributed by atoms with Gasteiger partial charge in [0, 0.05) is 24.8 Å². The molecule has 0 amide bonds. The maximum Gasteiger partial charge on any atom is 0.310 e. The average molecular weight is 261 g/mol. The summed E-state index contributed by atoms with van der Waals surface area (Å²) in [7, 11) is 0. The number of hydrogen-bond donors (Lipinski definition) is 0. The molecule has 0 aliphatic heterocycles. The molecule has 98 valence electrons. The van der Waals surface area contributed by atoms with Crippen LogP contribution in [-0.2, 0) is 4.79 Å². The highest BCUT2D eigenvalue weighted by Gasteiger charge is 2.09. The number of ether oxygens (including phenoxy) is 1. The number of aromatic nitrogens is 1. The quantitative estimate of drug-likeness (QED) is 0.629. The molecule has 2 aromatic rings. The third-order valence-electron chi connectivity index (χ3n) is 2.53. The van der Waals surface area contributed by atoms with Gasteiger partial charge in [-0.25, -0.2) is 4.39 Å². The molecule has 2 rings (SSSR count). The third kappa shape index (κ3) is 2.88. The first kappa shape index (κ1) is 13.0. The third-order valence-corrected chi connectivity index (χ3v) is 2.53. The molecule has 5 heteroatoms. The van der Waals surface area contributed by atoms with E-state index in [-0.39, 0.29) is 17.7 Å². The zero-order chi connectivity index (χ0) is 13.8. The van der Waals surface area contributed by atoms with Crippen molar-refractivity contribution in [3.05, 3.63) is 58.8 Å². The molecule has 0 atom stereocenters. The molecule has 0 saturated heterocycles. The summed E-state index contributed by atoms with van der Waals surface area (Å²) in [4.78, 5) is 22.7. The molecule has 0 radical (unpaired) electrons. The van der Waals surface area contributed by atoms with Crippen molar-refractivity contribution < 1.29 is 13.9 Å². The Balaban J connectivity index is 2.37. The van der Waals surface area contributed by atoms with Gasteiger partial charge in [0.15, 0.2) is 11.6 Å². The molecule has 0 saturated carbocycles. The fourth-order valence-corrected chi connectivity index (χ4v) is 1.56. The van der Waals surface area contributed by atoms with Crippen molar-refractivity contribution in [1.82, 2.24) is 4.57 Å². The van der Waals surface area contributed by atoms with E-state index in [4.69, 9.17) is 4.74 Å². The van der Waals surface area contributed by atoms with Gasteiger partial charge in [0.2, 0.25) is 0 Å². The molecule has 0 spiro atoms. The normalized spacial score (nSPS) is 10.2. The SMILES string of the molecule is CCC(=O)Oc1ccc(-n2ccccc2=O)cc1F. The maximum absolute atomic E-state index is 13.8. The van der Waals surface area contributed by atoms with Gasteiger partial charge < -0.3 is 4.74 Å². The topological polar surface area (TPSA) is 48.3 Å². The molecule has 19 heavy (non-hydrogen) atoms. The van der Waals surface area contributed by atoms with Gasteiger partial charge in [0.05, 0.1) is 5.69 Å². The summed E-state index contributed by atoms with van der Waals surface area (Å²) in [5, 5.41) is 0. The number of carbonyl (C=O) groups is 1. The first-order chi connectivity index (χ1) is 9.11. The van der Waals surface area contributed by atoms with Crippen molar-refractivity contribution in [2.24, 2.45) is 0 Å². The number of halogens is 1. The first-order valence-corrected chi connectivity index (χ1v) is 5.80. The van der Waals surface area contributed by atoms with Crippen LogP contribution in [-0.4, -0.2) is 10.5 Å². The zero-order valence-corrected chi connectivity index (χ0v) is 10.3. The molecule has 1 aromatic heterocycles. The van der Waals surface area contributed by atoms with Crippen molar-refractivity contribution in [2.45, 2.75) is 13.3 Å². The van der Waals surface area contributed by atoms with Crippen LogP contribution in [0.2, 0.25) is 0 Å².